The van der Waals surface area contributed by atoms with Gasteiger partial charge in [-0.25, -0.2) is 4.39 Å². The van der Waals surface area contributed by atoms with E-state index >= 15 is 0 Å². The van der Waals surface area contributed by atoms with E-state index in [2.05, 4.69) is 15.5 Å². The average Bonchev–Trinajstić information content (AvgIpc) is 2.84. The second-order valence-electron chi connectivity index (χ2n) is 8.87. The molecule has 9 heteroatoms. The fourth-order valence-electron chi connectivity index (χ4n) is 4.37. The molecule has 1 aliphatic heterocycles. The van der Waals surface area contributed by atoms with Crippen LogP contribution in [0.5, 0.6) is 5.75 Å². The molecule has 0 saturated carbocycles. The molecule has 1 amide bonds. The zero-order valence-electron chi connectivity index (χ0n) is 20.1. The summed E-state index contributed by atoms with van der Waals surface area (Å²) in [5.74, 6) is 0.0357. The Bertz CT molecular complexity index is 1280. The van der Waals surface area contributed by atoms with Gasteiger partial charge in [-0.05, 0) is 49.2 Å². The van der Waals surface area contributed by atoms with E-state index in [9.17, 15) is 18.8 Å². The Morgan fingerprint density at radius 3 is 2.49 bits per heavy atom. The predicted molar refractivity (Wildman–Crippen MR) is 134 cm³/mol. The first-order valence-electron chi connectivity index (χ1n) is 11.5. The Labute approximate surface area is 203 Å². The van der Waals surface area contributed by atoms with Gasteiger partial charge in [-0.2, -0.15) is 0 Å². The summed E-state index contributed by atoms with van der Waals surface area (Å²) in [6.45, 7) is 6.43. The zero-order chi connectivity index (χ0) is 25.1. The minimum absolute atomic E-state index is 0.00198. The number of carbonyl (C=O) groups excluding carboxylic acids is 1. The molecule has 1 aliphatic rings. The number of piperazine rings is 1. The van der Waals surface area contributed by atoms with Crippen molar-refractivity contribution in [3.05, 3.63) is 79.9 Å². The quantitative estimate of drug-likeness (QED) is 0.479. The number of hydrogen-bond acceptors (Lipinski definition) is 7. The number of carbonyl (C=O) groups is 1. The van der Waals surface area contributed by atoms with Gasteiger partial charge in [0.1, 0.15) is 22.9 Å². The lowest BCUT2D eigenvalue weighted by Gasteiger charge is -2.39. The third-order valence-corrected chi connectivity index (χ3v) is 6.26. The van der Waals surface area contributed by atoms with Crippen molar-refractivity contribution in [3.63, 3.8) is 0 Å². The van der Waals surface area contributed by atoms with E-state index in [1.54, 1.807) is 36.2 Å². The molecule has 3 aromatic carbocycles. The fourth-order valence-corrected chi connectivity index (χ4v) is 4.37. The minimum Gasteiger partial charge on any atom is -0.482 e. The zero-order valence-corrected chi connectivity index (χ0v) is 20.1. The van der Waals surface area contributed by atoms with Gasteiger partial charge < -0.3 is 20.3 Å². The number of rotatable bonds is 8. The van der Waals surface area contributed by atoms with Gasteiger partial charge in [-0.1, -0.05) is 18.2 Å². The maximum atomic E-state index is 13.1. The summed E-state index contributed by atoms with van der Waals surface area (Å²) in [6.07, 6.45) is 0. The van der Waals surface area contributed by atoms with Crippen molar-refractivity contribution in [1.82, 2.24) is 9.80 Å². The van der Waals surface area contributed by atoms with E-state index in [0.29, 0.717) is 37.6 Å². The number of aryl methyl sites for hydroxylation is 1. The van der Waals surface area contributed by atoms with E-state index in [4.69, 9.17) is 4.74 Å². The number of ether oxygens (including phenoxy) is 1. The lowest BCUT2D eigenvalue weighted by molar-refractivity contribution is -0.137. The molecule has 3 aromatic rings. The highest BCUT2D eigenvalue weighted by Crippen LogP contribution is 2.30. The smallest absolute Gasteiger partial charge is 0.260 e. The summed E-state index contributed by atoms with van der Waals surface area (Å²) in [5, 5.41) is 5.71. The van der Waals surface area contributed by atoms with Crippen LogP contribution in [0.2, 0.25) is 0 Å². The van der Waals surface area contributed by atoms with Crippen molar-refractivity contribution in [1.29, 1.82) is 0 Å². The number of hydrogen-bond donors (Lipinski definition) is 2. The van der Waals surface area contributed by atoms with E-state index < -0.39 is 10.9 Å². The maximum absolute atomic E-state index is 13.1. The fraction of sp³-hybridized carbons (Fsp3) is 0.346. The largest absolute Gasteiger partial charge is 0.482 e. The van der Waals surface area contributed by atoms with Gasteiger partial charge in [-0.15, -0.1) is 0 Å². The van der Waals surface area contributed by atoms with Gasteiger partial charge in [0.2, 0.25) is 0 Å². The van der Waals surface area contributed by atoms with Gasteiger partial charge in [0.15, 0.2) is 6.61 Å². The summed E-state index contributed by atoms with van der Waals surface area (Å²) in [6, 6.07) is 11.9. The molecule has 0 spiro atoms. The van der Waals surface area contributed by atoms with Crippen molar-refractivity contribution < 1.29 is 13.9 Å². The molecule has 0 unspecified atom stereocenters. The van der Waals surface area contributed by atoms with Crippen LogP contribution < -0.4 is 26.2 Å². The number of halogens is 1. The molecule has 0 aliphatic carbocycles. The van der Waals surface area contributed by atoms with Crippen molar-refractivity contribution in [2.45, 2.75) is 26.4 Å². The summed E-state index contributed by atoms with van der Waals surface area (Å²) < 4.78 is 19.0. The number of nitrogens with zero attached hydrogens (tertiary/aromatic N) is 2. The molecule has 8 nitrogen and oxygen atoms in total. The molecule has 4 rings (SSSR count). The maximum Gasteiger partial charge on any atom is 0.260 e. The number of benzene rings is 2. The second kappa shape index (κ2) is 10.3. The molecule has 1 heterocycles. The molecule has 35 heavy (non-hydrogen) atoms. The average molecular weight is 481 g/mol. The first kappa shape index (κ1) is 24.4. The molecule has 0 bridgehead atoms. The van der Waals surface area contributed by atoms with E-state index in [0.717, 1.165) is 11.1 Å². The van der Waals surface area contributed by atoms with Gasteiger partial charge in [0, 0.05) is 39.3 Å². The Hall–Kier alpha value is -3.72. The molecular weight excluding hydrogens is 451 g/mol. The van der Waals surface area contributed by atoms with Crippen molar-refractivity contribution in [2.24, 2.45) is 0 Å². The molecule has 1 saturated heterocycles. The highest BCUT2D eigenvalue weighted by molar-refractivity contribution is 5.81. The summed E-state index contributed by atoms with van der Waals surface area (Å²) in [7, 11) is 1.58. The second-order valence-corrected chi connectivity index (χ2v) is 8.87. The highest BCUT2D eigenvalue weighted by atomic mass is 19.1. The lowest BCUT2D eigenvalue weighted by atomic mass is 10.1. The summed E-state index contributed by atoms with van der Waals surface area (Å²) >= 11 is 0. The Balaban J connectivity index is 1.36. The monoisotopic (exact) mass is 480 g/mol. The van der Waals surface area contributed by atoms with Crippen LogP contribution in [-0.4, -0.2) is 55.0 Å². The first-order valence-corrected chi connectivity index (χ1v) is 11.5. The Morgan fingerprint density at radius 2 is 1.80 bits per heavy atom. The van der Waals surface area contributed by atoms with Gasteiger partial charge in [0.25, 0.3) is 16.8 Å². The number of amides is 1. The molecular formula is C26H29FN4O4. The van der Waals surface area contributed by atoms with E-state index in [-0.39, 0.29) is 35.7 Å². The van der Waals surface area contributed by atoms with Crippen molar-refractivity contribution in [2.75, 3.05) is 43.9 Å². The van der Waals surface area contributed by atoms with Crippen LogP contribution in [0.1, 0.15) is 18.1 Å². The van der Waals surface area contributed by atoms with Crippen LogP contribution in [0.3, 0.4) is 0 Å². The van der Waals surface area contributed by atoms with Crippen molar-refractivity contribution in [3.8, 4) is 5.75 Å². The molecule has 0 radical (unpaired) electrons. The normalized spacial score (nSPS) is 16.3. The first-order chi connectivity index (χ1) is 16.8. The van der Waals surface area contributed by atoms with Gasteiger partial charge in [0.05, 0.1) is 5.69 Å². The van der Waals surface area contributed by atoms with Gasteiger partial charge >= 0.3 is 0 Å². The van der Waals surface area contributed by atoms with E-state index in [1.807, 2.05) is 19.9 Å². The Morgan fingerprint density at radius 1 is 1.09 bits per heavy atom. The number of anilines is 3. The lowest BCUT2D eigenvalue weighted by Crippen LogP contribution is -2.54. The Kier molecular flexibility index (Phi) is 7.16. The van der Waals surface area contributed by atoms with Crippen LogP contribution >= 0.6 is 0 Å². The summed E-state index contributed by atoms with van der Waals surface area (Å²) in [4.78, 5) is 40.7. The van der Waals surface area contributed by atoms with Crippen LogP contribution in [-0.2, 0) is 11.3 Å². The predicted octanol–water partition coefficient (Wildman–Crippen LogP) is 2.63. The van der Waals surface area contributed by atoms with Crippen LogP contribution in [0.25, 0.3) is 0 Å². The summed E-state index contributed by atoms with van der Waals surface area (Å²) in [5.41, 5.74) is 1.73. The van der Waals surface area contributed by atoms with Crippen LogP contribution in [0.4, 0.5) is 21.5 Å². The van der Waals surface area contributed by atoms with Crippen molar-refractivity contribution >= 4 is 23.0 Å². The third-order valence-electron chi connectivity index (χ3n) is 6.26. The van der Waals surface area contributed by atoms with Crippen LogP contribution in [0.15, 0.2) is 52.1 Å². The number of nitrogens with one attached hydrogen (secondary N) is 2. The molecule has 1 fully saturated rings. The standard InChI is InChI=1S/C26H29FN4O4/c1-16-4-9-21(20(12-16)29-24-23(28-3)25(33)26(24)34)35-15-22(32)31-11-10-30(13-17(31)2)14-18-5-7-19(27)8-6-18/h4-9,12,17,28-29H,10-11,13-15H2,1-3H3/t17-/m1/s1. The molecule has 0 aromatic heterocycles. The highest BCUT2D eigenvalue weighted by Gasteiger charge is 2.28. The van der Waals surface area contributed by atoms with Gasteiger partial charge in [-0.3, -0.25) is 19.3 Å². The van der Waals surface area contributed by atoms with Crippen LogP contribution in [0, 0.1) is 12.7 Å². The topological polar surface area (TPSA) is 91.0 Å². The molecule has 2 N–H and O–H groups in total. The van der Waals surface area contributed by atoms with E-state index in [1.165, 1.54) is 12.1 Å². The molecule has 1 atom stereocenters. The minimum atomic E-state index is -0.592. The molecule has 184 valence electrons. The SMILES string of the molecule is CNc1c(Nc2cc(C)ccc2OCC(=O)N2CCN(Cc3ccc(F)cc3)C[C@H]2C)c(=O)c1=O. The third kappa shape index (κ3) is 5.35.